The van der Waals surface area contributed by atoms with Crippen LogP contribution < -0.4 is 0 Å². The number of aliphatic imine (C=N–C) groups is 1. The first kappa shape index (κ1) is 5.04. The van der Waals surface area contributed by atoms with Gasteiger partial charge in [-0.15, -0.1) is 0 Å². The van der Waals surface area contributed by atoms with Gasteiger partial charge in [-0.05, 0) is 17.7 Å². The number of allylic oxidation sites excluding steroid dienone is 4. The Kier molecular flexibility index (Phi) is 1.42. The van der Waals surface area contributed by atoms with E-state index in [4.69, 9.17) is 0 Å². The van der Waals surface area contributed by atoms with Crippen molar-refractivity contribution in [2.24, 2.45) is 4.99 Å². The van der Waals surface area contributed by atoms with Gasteiger partial charge >= 0.3 is 0 Å². The molecular formula is C7H7N. The molecule has 1 rings (SSSR count). The van der Waals surface area contributed by atoms with Gasteiger partial charge < -0.3 is 0 Å². The Bertz CT molecular complexity index is 155. The van der Waals surface area contributed by atoms with Crippen LogP contribution in [0.5, 0.6) is 0 Å². The average molecular weight is 105 g/mol. The quantitative estimate of drug-likeness (QED) is 0.444. The van der Waals surface area contributed by atoms with Crippen LogP contribution in [0, 0.1) is 0 Å². The largest absolute Gasteiger partial charge is 0.265 e. The van der Waals surface area contributed by atoms with Gasteiger partial charge in [-0.25, -0.2) is 0 Å². The Hall–Kier alpha value is -1.11. The molecule has 0 aromatic rings. The zero-order valence-corrected chi connectivity index (χ0v) is 4.54. The molecule has 0 spiro atoms. The molecule has 0 aromatic heterocycles. The zero-order valence-electron chi connectivity index (χ0n) is 4.54. The van der Waals surface area contributed by atoms with Crippen molar-refractivity contribution in [3.63, 3.8) is 0 Å². The first-order valence-corrected chi connectivity index (χ1v) is 2.45. The Morgan fingerprint density at radius 1 is 1.38 bits per heavy atom. The Morgan fingerprint density at radius 3 is 3.12 bits per heavy atom. The fourth-order valence-electron chi connectivity index (χ4n) is 0.460. The number of hydrogen-bond acceptors (Lipinski definition) is 1. The lowest BCUT2D eigenvalue weighted by molar-refractivity contribution is 1.59. The highest BCUT2D eigenvalue weighted by atomic mass is 14.7. The maximum atomic E-state index is 3.87. The third-order valence-electron chi connectivity index (χ3n) is 0.857. The van der Waals surface area contributed by atoms with Crippen molar-refractivity contribution in [3.8, 4) is 0 Å². The Morgan fingerprint density at radius 2 is 2.25 bits per heavy atom. The normalized spacial score (nSPS) is 16.8. The van der Waals surface area contributed by atoms with Gasteiger partial charge in [0.05, 0.1) is 0 Å². The van der Waals surface area contributed by atoms with Crippen molar-refractivity contribution in [2.75, 3.05) is 0 Å². The minimum absolute atomic E-state index is 0.988. The lowest BCUT2D eigenvalue weighted by Gasteiger charge is -1.78. The van der Waals surface area contributed by atoms with Crippen LogP contribution in [0.15, 0.2) is 41.6 Å². The highest BCUT2D eigenvalue weighted by Crippen LogP contribution is 1.96. The van der Waals surface area contributed by atoms with Crippen molar-refractivity contribution in [2.45, 2.75) is 0 Å². The molecule has 1 aliphatic heterocycles. The molecule has 0 N–H and O–H groups in total. The van der Waals surface area contributed by atoms with Gasteiger partial charge in [0.1, 0.15) is 0 Å². The summed E-state index contributed by atoms with van der Waals surface area (Å²) in [7, 11) is 0. The van der Waals surface area contributed by atoms with Crippen LogP contribution in [0.2, 0.25) is 0 Å². The highest BCUT2D eigenvalue weighted by molar-refractivity contribution is 5.73. The second kappa shape index (κ2) is 2.26. The summed E-state index contributed by atoms with van der Waals surface area (Å²) in [6, 6.07) is 0. The zero-order chi connectivity index (χ0) is 5.82. The van der Waals surface area contributed by atoms with E-state index in [1.165, 1.54) is 0 Å². The summed E-state index contributed by atoms with van der Waals surface area (Å²) in [6.07, 6.45) is 9.09. The Balaban J connectivity index is 2.81. The molecule has 0 atom stereocenters. The summed E-state index contributed by atoms with van der Waals surface area (Å²) < 4.78 is 0. The van der Waals surface area contributed by atoms with E-state index in [1.807, 2.05) is 18.2 Å². The van der Waals surface area contributed by atoms with Crippen molar-refractivity contribution < 1.29 is 0 Å². The molecule has 0 radical (unpaired) electrons. The smallest absolute Gasteiger partial charge is 0.0273 e. The predicted molar refractivity (Wildman–Crippen MR) is 35.9 cm³/mol. The van der Waals surface area contributed by atoms with Gasteiger partial charge in [0.2, 0.25) is 0 Å². The summed E-state index contributed by atoms with van der Waals surface area (Å²) in [5.41, 5.74) is 0.988. The van der Waals surface area contributed by atoms with Gasteiger partial charge in [0.15, 0.2) is 0 Å². The molecule has 0 unspecified atom stereocenters. The van der Waals surface area contributed by atoms with Crippen LogP contribution in [0.1, 0.15) is 0 Å². The molecule has 0 saturated heterocycles. The molecule has 0 bridgehead atoms. The van der Waals surface area contributed by atoms with Gasteiger partial charge in [-0.1, -0.05) is 12.7 Å². The Labute approximate surface area is 48.7 Å². The summed E-state index contributed by atoms with van der Waals surface area (Å²) in [4.78, 5) is 3.87. The van der Waals surface area contributed by atoms with E-state index in [9.17, 15) is 0 Å². The molecule has 1 nitrogen and oxygen atoms in total. The molecule has 0 aliphatic carbocycles. The van der Waals surface area contributed by atoms with Crippen LogP contribution in [-0.2, 0) is 0 Å². The maximum Gasteiger partial charge on any atom is 0.0273 e. The third-order valence-corrected chi connectivity index (χ3v) is 0.857. The fraction of sp³-hybridized carbons (Fsp3) is 0. The highest BCUT2D eigenvalue weighted by Gasteiger charge is 1.78. The topological polar surface area (TPSA) is 12.4 Å². The number of nitrogens with zero attached hydrogens (tertiary/aromatic N) is 1. The molecular weight excluding hydrogens is 98.1 g/mol. The van der Waals surface area contributed by atoms with E-state index in [0.717, 1.165) is 5.57 Å². The fourth-order valence-corrected chi connectivity index (χ4v) is 0.460. The van der Waals surface area contributed by atoms with Crippen molar-refractivity contribution >= 4 is 6.21 Å². The van der Waals surface area contributed by atoms with Crippen molar-refractivity contribution in [3.05, 3.63) is 36.6 Å². The van der Waals surface area contributed by atoms with Crippen LogP contribution in [0.4, 0.5) is 0 Å². The first-order valence-electron chi connectivity index (χ1n) is 2.45. The molecule has 0 amide bonds. The molecule has 40 valence electrons. The van der Waals surface area contributed by atoms with Crippen LogP contribution >= 0.6 is 0 Å². The standard InChI is InChI=1S/C7H7N/c1-7-3-2-5-8-6-4-7/h2-6H,1H2. The summed E-state index contributed by atoms with van der Waals surface area (Å²) >= 11 is 0. The molecule has 0 aromatic carbocycles. The summed E-state index contributed by atoms with van der Waals surface area (Å²) in [5.74, 6) is 0. The molecule has 8 heavy (non-hydrogen) atoms. The molecule has 1 heterocycles. The monoisotopic (exact) mass is 105 g/mol. The molecule has 0 fully saturated rings. The first-order chi connectivity index (χ1) is 3.89. The molecule has 0 saturated carbocycles. The van der Waals surface area contributed by atoms with E-state index in [2.05, 4.69) is 11.6 Å². The van der Waals surface area contributed by atoms with Gasteiger partial charge in [-0.3, -0.25) is 4.99 Å². The average Bonchev–Trinajstić information content (AvgIpc) is 1.94. The molecule has 1 aliphatic rings. The van der Waals surface area contributed by atoms with E-state index in [1.54, 1.807) is 12.4 Å². The van der Waals surface area contributed by atoms with Crippen LogP contribution in [0.25, 0.3) is 0 Å². The number of hydrogen-bond donors (Lipinski definition) is 0. The van der Waals surface area contributed by atoms with Crippen LogP contribution in [-0.4, -0.2) is 6.21 Å². The van der Waals surface area contributed by atoms with Crippen LogP contribution in [0.3, 0.4) is 0 Å². The lowest BCUT2D eigenvalue weighted by atomic mass is 10.3. The minimum atomic E-state index is 0.988. The lowest BCUT2D eigenvalue weighted by Crippen LogP contribution is -1.60. The van der Waals surface area contributed by atoms with Gasteiger partial charge in [-0.2, -0.15) is 0 Å². The van der Waals surface area contributed by atoms with E-state index in [-0.39, 0.29) is 0 Å². The van der Waals surface area contributed by atoms with E-state index in [0.29, 0.717) is 0 Å². The maximum absolute atomic E-state index is 3.87. The summed E-state index contributed by atoms with van der Waals surface area (Å²) in [6.45, 7) is 3.72. The second-order valence-electron chi connectivity index (χ2n) is 1.55. The number of rotatable bonds is 0. The third kappa shape index (κ3) is 1.19. The second-order valence-corrected chi connectivity index (χ2v) is 1.55. The van der Waals surface area contributed by atoms with Gasteiger partial charge in [0.25, 0.3) is 0 Å². The van der Waals surface area contributed by atoms with Crippen molar-refractivity contribution in [1.29, 1.82) is 0 Å². The van der Waals surface area contributed by atoms with Gasteiger partial charge in [0, 0.05) is 12.4 Å². The predicted octanol–water partition coefficient (Wildman–Crippen LogP) is 1.70. The van der Waals surface area contributed by atoms with E-state index < -0.39 is 0 Å². The molecule has 1 heteroatoms. The SMILES string of the molecule is C=C1C=CC=NC=C1. The summed E-state index contributed by atoms with van der Waals surface area (Å²) in [5, 5.41) is 0. The minimum Gasteiger partial charge on any atom is -0.265 e. The van der Waals surface area contributed by atoms with E-state index >= 15 is 0 Å². The van der Waals surface area contributed by atoms with Crippen molar-refractivity contribution in [1.82, 2.24) is 0 Å².